The van der Waals surface area contributed by atoms with E-state index in [2.05, 4.69) is 20.2 Å². The van der Waals surface area contributed by atoms with Crippen LogP contribution in [0.15, 0.2) is 102 Å². The zero-order chi connectivity index (χ0) is 24.7. The van der Waals surface area contributed by atoms with Crippen molar-refractivity contribution in [3.05, 3.63) is 119 Å². The number of oxime groups is 1. The molecule has 0 aliphatic carbocycles. The molecule has 8 nitrogen and oxygen atoms in total. The van der Waals surface area contributed by atoms with Crippen LogP contribution in [0.1, 0.15) is 22.4 Å². The molecule has 0 radical (unpaired) electrons. The van der Waals surface area contributed by atoms with Gasteiger partial charge < -0.3 is 19.5 Å². The summed E-state index contributed by atoms with van der Waals surface area (Å²) in [7, 11) is 1.21. The molecule has 36 heavy (non-hydrogen) atoms. The monoisotopic (exact) mass is 493 g/mol. The number of anilines is 1. The molecule has 0 fully saturated rings. The SMILES string of the molecule is COC(=O)Nc1nc(C(=NOC(c2ccccc2)(c2ccccc2)c2ccccc2)C(=O)[O-])cs1.[Li+]. The average molecular weight is 493 g/mol. The van der Waals surface area contributed by atoms with E-state index in [-0.39, 0.29) is 29.7 Å². The number of hydrogen-bond donors (Lipinski definition) is 1. The van der Waals surface area contributed by atoms with Crippen molar-refractivity contribution in [2.45, 2.75) is 5.60 Å². The minimum absolute atomic E-state index is 0. The Morgan fingerprint density at radius 3 is 1.78 bits per heavy atom. The van der Waals surface area contributed by atoms with Gasteiger partial charge >= 0.3 is 25.0 Å². The van der Waals surface area contributed by atoms with Crippen molar-refractivity contribution in [1.29, 1.82) is 0 Å². The first kappa shape index (κ1) is 26.7. The smallest absolute Gasteiger partial charge is 0.543 e. The van der Waals surface area contributed by atoms with E-state index in [0.717, 1.165) is 28.0 Å². The van der Waals surface area contributed by atoms with Crippen LogP contribution in [0, 0.1) is 0 Å². The van der Waals surface area contributed by atoms with Crippen LogP contribution in [0.2, 0.25) is 0 Å². The van der Waals surface area contributed by atoms with Gasteiger partial charge in [0.1, 0.15) is 5.69 Å². The molecule has 4 rings (SSSR count). The molecule has 1 N–H and O–H groups in total. The Hall–Kier alpha value is -3.90. The molecule has 10 heteroatoms. The number of methoxy groups -OCH3 is 1. The van der Waals surface area contributed by atoms with E-state index in [0.29, 0.717) is 0 Å². The van der Waals surface area contributed by atoms with Gasteiger partial charge in [-0.25, -0.2) is 9.78 Å². The predicted octanol–water partition coefficient (Wildman–Crippen LogP) is 0.788. The first-order valence-electron chi connectivity index (χ1n) is 10.5. The second-order valence-corrected chi connectivity index (χ2v) is 8.11. The molecule has 0 saturated carbocycles. The van der Waals surface area contributed by atoms with Crippen molar-refractivity contribution in [1.82, 2.24) is 4.98 Å². The fourth-order valence-corrected chi connectivity index (χ4v) is 4.24. The summed E-state index contributed by atoms with van der Waals surface area (Å²) in [6.07, 6.45) is -0.731. The van der Waals surface area contributed by atoms with Crippen LogP contribution in [-0.4, -0.2) is 29.9 Å². The summed E-state index contributed by atoms with van der Waals surface area (Å²) in [5.41, 5.74) is 0.407. The van der Waals surface area contributed by atoms with Gasteiger partial charge in [-0.15, -0.1) is 11.3 Å². The third-order valence-electron chi connectivity index (χ3n) is 5.15. The number of carbonyl (C=O) groups excluding carboxylic acids is 2. The van der Waals surface area contributed by atoms with Crippen LogP contribution >= 0.6 is 11.3 Å². The summed E-state index contributed by atoms with van der Waals surface area (Å²) in [4.78, 5) is 33.8. The molecule has 0 spiro atoms. The summed E-state index contributed by atoms with van der Waals surface area (Å²) in [6, 6.07) is 28.2. The molecule has 176 valence electrons. The number of ether oxygens (including phenoxy) is 1. The molecule has 0 unspecified atom stereocenters. The van der Waals surface area contributed by atoms with Crippen molar-refractivity contribution in [3.8, 4) is 0 Å². The Balaban J connectivity index is 0.00000361. The first-order valence-corrected chi connectivity index (χ1v) is 11.4. The number of amides is 1. The maximum Gasteiger partial charge on any atom is 1.00 e. The minimum Gasteiger partial charge on any atom is -0.543 e. The molecular weight excluding hydrogens is 473 g/mol. The Morgan fingerprint density at radius 1 is 0.889 bits per heavy atom. The van der Waals surface area contributed by atoms with Crippen LogP contribution in [0.3, 0.4) is 0 Å². The first-order chi connectivity index (χ1) is 17.0. The summed E-state index contributed by atoms with van der Waals surface area (Å²) in [5.74, 6) is -1.58. The van der Waals surface area contributed by atoms with Gasteiger partial charge in [0.25, 0.3) is 0 Å². The number of thiazole rings is 1. The molecule has 0 bridgehead atoms. The Labute approximate surface area is 223 Å². The van der Waals surface area contributed by atoms with E-state index in [1.54, 1.807) is 0 Å². The zero-order valence-electron chi connectivity index (χ0n) is 19.6. The zero-order valence-corrected chi connectivity index (χ0v) is 20.4. The summed E-state index contributed by atoms with van der Waals surface area (Å²) < 4.78 is 4.54. The Kier molecular flexibility index (Phi) is 9.03. The fourth-order valence-electron chi connectivity index (χ4n) is 3.56. The van der Waals surface area contributed by atoms with Gasteiger partial charge in [0, 0.05) is 22.1 Å². The second-order valence-electron chi connectivity index (χ2n) is 7.25. The van der Waals surface area contributed by atoms with E-state index >= 15 is 0 Å². The molecule has 1 aromatic heterocycles. The molecule has 1 amide bonds. The van der Waals surface area contributed by atoms with Crippen molar-refractivity contribution < 1.29 is 43.1 Å². The average Bonchev–Trinajstić information content (AvgIpc) is 3.35. The maximum absolute atomic E-state index is 12.0. The number of aromatic nitrogens is 1. The quantitative estimate of drug-likeness (QED) is 0.168. The van der Waals surface area contributed by atoms with E-state index < -0.39 is 23.4 Å². The van der Waals surface area contributed by atoms with Gasteiger partial charge in [-0.3, -0.25) is 5.32 Å². The normalized spacial score (nSPS) is 11.2. The maximum atomic E-state index is 12.0. The van der Waals surface area contributed by atoms with Crippen molar-refractivity contribution in [2.75, 3.05) is 12.4 Å². The van der Waals surface area contributed by atoms with Crippen LogP contribution < -0.4 is 29.3 Å². The van der Waals surface area contributed by atoms with Crippen molar-refractivity contribution >= 4 is 34.2 Å². The fraction of sp³-hybridized carbons (Fsp3) is 0.0769. The molecule has 3 aromatic carbocycles. The van der Waals surface area contributed by atoms with Gasteiger partial charge in [0.15, 0.2) is 10.8 Å². The number of carboxylic acids is 1. The third-order valence-corrected chi connectivity index (χ3v) is 5.91. The third kappa shape index (κ3) is 5.66. The summed E-state index contributed by atoms with van der Waals surface area (Å²) in [5, 5.41) is 20.1. The number of carboxylic acid groups (broad SMARTS) is 1. The summed E-state index contributed by atoms with van der Waals surface area (Å²) in [6.45, 7) is 0. The largest absolute Gasteiger partial charge is 1.00 e. The molecule has 1 heterocycles. The van der Waals surface area contributed by atoms with Crippen LogP contribution in [0.4, 0.5) is 9.93 Å². The number of hydrogen-bond acceptors (Lipinski definition) is 8. The standard InChI is InChI=1S/C26H21N3O5S.Li/c1-33-25(32)28-24-27-21(17-35-24)22(23(30)31)29-34-26(18-11-5-2-6-12-18,19-13-7-3-8-14-19)20-15-9-4-10-16-20;/h2-17H,1H3,(H,30,31)(H,27,28,32);/q;+1/p-1. The van der Waals surface area contributed by atoms with Crippen molar-refractivity contribution in [3.63, 3.8) is 0 Å². The van der Waals surface area contributed by atoms with E-state index in [9.17, 15) is 14.7 Å². The number of rotatable bonds is 8. The van der Waals surface area contributed by atoms with Gasteiger partial charge in [-0.1, -0.05) is 96.2 Å². The van der Waals surface area contributed by atoms with Gasteiger partial charge in [-0.05, 0) is 0 Å². The van der Waals surface area contributed by atoms with Gasteiger partial charge in [0.05, 0.1) is 13.1 Å². The van der Waals surface area contributed by atoms with Gasteiger partial charge in [-0.2, -0.15) is 0 Å². The van der Waals surface area contributed by atoms with E-state index in [1.165, 1.54) is 12.5 Å². The predicted molar refractivity (Wildman–Crippen MR) is 130 cm³/mol. The molecule has 0 aliphatic heterocycles. The summed E-state index contributed by atoms with van der Waals surface area (Å²) >= 11 is 1.01. The van der Waals surface area contributed by atoms with Crippen LogP contribution in [-0.2, 0) is 20.0 Å². The minimum atomic E-state index is -1.58. The molecular formula is C26H20LiN3O5S. The van der Waals surface area contributed by atoms with Crippen molar-refractivity contribution in [2.24, 2.45) is 5.16 Å². The molecule has 4 aromatic rings. The number of benzene rings is 3. The number of nitrogens with one attached hydrogen (secondary N) is 1. The molecule has 0 saturated heterocycles. The Bertz CT molecular complexity index is 1230. The Morgan fingerprint density at radius 2 is 1.36 bits per heavy atom. The van der Waals surface area contributed by atoms with Crippen LogP contribution in [0.25, 0.3) is 0 Å². The van der Waals surface area contributed by atoms with Crippen LogP contribution in [0.5, 0.6) is 0 Å². The molecule has 0 aliphatic rings. The second kappa shape index (κ2) is 12.2. The number of aliphatic carboxylic acids is 1. The number of nitrogens with zero attached hydrogens (tertiary/aromatic N) is 2. The number of carbonyl (C=O) groups is 2. The topological polar surface area (TPSA) is 113 Å². The van der Waals surface area contributed by atoms with Gasteiger partial charge in [0.2, 0.25) is 5.60 Å². The van der Waals surface area contributed by atoms with E-state index in [4.69, 9.17) is 4.84 Å². The van der Waals surface area contributed by atoms with E-state index in [1.807, 2.05) is 91.0 Å². The molecule has 0 atom stereocenters.